The van der Waals surface area contributed by atoms with Crippen LogP contribution in [0.25, 0.3) is 0 Å². The standard InChI is InChI=1S/C9H11NO2/c1-6(11)8-4-3-5-9(10-8)7(2)12/h3-6,11H,1-2H3. The first-order valence-corrected chi connectivity index (χ1v) is 3.77. The minimum Gasteiger partial charge on any atom is -0.387 e. The molecule has 0 radical (unpaired) electrons. The van der Waals surface area contributed by atoms with Gasteiger partial charge in [0.2, 0.25) is 0 Å². The smallest absolute Gasteiger partial charge is 0.178 e. The Hall–Kier alpha value is -1.22. The number of aliphatic hydroxyl groups is 1. The zero-order chi connectivity index (χ0) is 9.14. The predicted molar refractivity (Wildman–Crippen MR) is 44.9 cm³/mol. The van der Waals surface area contributed by atoms with E-state index >= 15 is 0 Å². The van der Waals surface area contributed by atoms with Gasteiger partial charge in [-0.1, -0.05) is 6.07 Å². The number of rotatable bonds is 2. The highest BCUT2D eigenvalue weighted by Crippen LogP contribution is 2.09. The van der Waals surface area contributed by atoms with Crippen LogP contribution in [-0.2, 0) is 0 Å². The maximum absolute atomic E-state index is 10.9. The molecule has 64 valence electrons. The third-order valence-corrected chi connectivity index (χ3v) is 1.56. The van der Waals surface area contributed by atoms with E-state index in [9.17, 15) is 4.79 Å². The zero-order valence-electron chi connectivity index (χ0n) is 7.11. The van der Waals surface area contributed by atoms with Crippen molar-refractivity contribution in [3.05, 3.63) is 29.6 Å². The van der Waals surface area contributed by atoms with Crippen molar-refractivity contribution >= 4 is 5.78 Å². The molecule has 0 bridgehead atoms. The van der Waals surface area contributed by atoms with Crippen LogP contribution in [0.15, 0.2) is 18.2 Å². The van der Waals surface area contributed by atoms with Crippen LogP contribution in [-0.4, -0.2) is 15.9 Å². The van der Waals surface area contributed by atoms with E-state index in [1.54, 1.807) is 25.1 Å². The third kappa shape index (κ3) is 1.89. The van der Waals surface area contributed by atoms with E-state index in [4.69, 9.17) is 5.11 Å². The summed E-state index contributed by atoms with van der Waals surface area (Å²) in [5, 5.41) is 9.16. The summed E-state index contributed by atoms with van der Waals surface area (Å²) in [5.41, 5.74) is 0.927. The molecule has 0 fully saturated rings. The Bertz CT molecular complexity index is 294. The molecule has 0 spiro atoms. The van der Waals surface area contributed by atoms with Crippen LogP contribution in [0.4, 0.5) is 0 Å². The lowest BCUT2D eigenvalue weighted by Crippen LogP contribution is -2.02. The highest BCUT2D eigenvalue weighted by Gasteiger charge is 2.05. The highest BCUT2D eigenvalue weighted by molar-refractivity contribution is 5.92. The Morgan fingerprint density at radius 2 is 2.25 bits per heavy atom. The Kier molecular flexibility index (Phi) is 2.55. The maximum atomic E-state index is 10.9. The van der Waals surface area contributed by atoms with Gasteiger partial charge >= 0.3 is 0 Å². The molecular formula is C9H11NO2. The van der Waals surface area contributed by atoms with Crippen LogP contribution >= 0.6 is 0 Å². The minimum absolute atomic E-state index is 0.0856. The molecule has 1 aromatic heterocycles. The summed E-state index contributed by atoms with van der Waals surface area (Å²) >= 11 is 0. The average molecular weight is 165 g/mol. The van der Waals surface area contributed by atoms with Crippen LogP contribution in [0, 0.1) is 0 Å². The topological polar surface area (TPSA) is 50.2 Å². The SMILES string of the molecule is CC(=O)c1cccc(C(C)O)n1. The first kappa shape index (κ1) is 8.87. The molecular weight excluding hydrogens is 154 g/mol. The van der Waals surface area contributed by atoms with Crippen LogP contribution in [0.1, 0.15) is 36.1 Å². The lowest BCUT2D eigenvalue weighted by molar-refractivity contribution is 0.101. The van der Waals surface area contributed by atoms with Gasteiger partial charge in [0.05, 0.1) is 11.8 Å². The number of hydrogen-bond donors (Lipinski definition) is 1. The fourth-order valence-electron chi connectivity index (χ4n) is 0.880. The molecule has 0 aliphatic carbocycles. The molecule has 0 saturated heterocycles. The second kappa shape index (κ2) is 3.45. The van der Waals surface area contributed by atoms with Crippen molar-refractivity contribution in [3.63, 3.8) is 0 Å². The van der Waals surface area contributed by atoms with E-state index in [2.05, 4.69) is 4.98 Å². The summed E-state index contributed by atoms with van der Waals surface area (Å²) < 4.78 is 0. The first-order valence-electron chi connectivity index (χ1n) is 3.77. The van der Waals surface area contributed by atoms with Gasteiger partial charge < -0.3 is 5.11 Å². The summed E-state index contributed by atoms with van der Waals surface area (Å²) in [7, 11) is 0. The van der Waals surface area contributed by atoms with E-state index in [1.165, 1.54) is 6.92 Å². The molecule has 1 heterocycles. The van der Waals surface area contributed by atoms with Crippen LogP contribution in [0.2, 0.25) is 0 Å². The van der Waals surface area contributed by atoms with E-state index in [0.29, 0.717) is 11.4 Å². The Morgan fingerprint density at radius 3 is 2.75 bits per heavy atom. The quantitative estimate of drug-likeness (QED) is 0.673. The summed E-state index contributed by atoms with van der Waals surface area (Å²) in [4.78, 5) is 14.8. The van der Waals surface area contributed by atoms with Gasteiger partial charge in [-0.25, -0.2) is 4.98 Å². The maximum Gasteiger partial charge on any atom is 0.178 e. The van der Waals surface area contributed by atoms with Crippen molar-refractivity contribution in [2.75, 3.05) is 0 Å². The number of aliphatic hydroxyl groups excluding tert-OH is 1. The van der Waals surface area contributed by atoms with Gasteiger partial charge in [0.25, 0.3) is 0 Å². The molecule has 3 nitrogen and oxygen atoms in total. The van der Waals surface area contributed by atoms with Crippen molar-refractivity contribution in [3.8, 4) is 0 Å². The van der Waals surface area contributed by atoms with Crippen molar-refractivity contribution in [2.24, 2.45) is 0 Å². The van der Waals surface area contributed by atoms with Crippen molar-refractivity contribution in [1.29, 1.82) is 0 Å². The molecule has 0 amide bonds. The summed E-state index contributed by atoms with van der Waals surface area (Å²) in [5.74, 6) is -0.0856. The fourth-order valence-corrected chi connectivity index (χ4v) is 0.880. The number of ketones is 1. The first-order chi connectivity index (χ1) is 5.61. The second-order valence-electron chi connectivity index (χ2n) is 2.68. The van der Waals surface area contributed by atoms with Crippen LogP contribution < -0.4 is 0 Å². The lowest BCUT2D eigenvalue weighted by atomic mass is 10.2. The highest BCUT2D eigenvalue weighted by atomic mass is 16.3. The number of carbonyl (C=O) groups excluding carboxylic acids is 1. The average Bonchev–Trinajstić information content (AvgIpc) is 2.04. The molecule has 3 heteroatoms. The normalized spacial score (nSPS) is 12.6. The number of carbonyl (C=O) groups is 1. The molecule has 1 N–H and O–H groups in total. The van der Waals surface area contributed by atoms with Gasteiger partial charge in [0.15, 0.2) is 5.78 Å². The van der Waals surface area contributed by atoms with E-state index < -0.39 is 6.10 Å². The molecule has 1 aromatic rings. The van der Waals surface area contributed by atoms with Crippen LogP contribution in [0.3, 0.4) is 0 Å². The monoisotopic (exact) mass is 165 g/mol. The van der Waals surface area contributed by atoms with Crippen molar-refractivity contribution in [1.82, 2.24) is 4.98 Å². The molecule has 0 aromatic carbocycles. The van der Waals surface area contributed by atoms with Crippen LogP contribution in [0.5, 0.6) is 0 Å². The number of pyridine rings is 1. The van der Waals surface area contributed by atoms with Gasteiger partial charge in [-0.2, -0.15) is 0 Å². The predicted octanol–water partition coefficient (Wildman–Crippen LogP) is 1.34. The summed E-state index contributed by atoms with van der Waals surface area (Å²) in [6, 6.07) is 5.04. The van der Waals surface area contributed by atoms with Gasteiger partial charge in [-0.3, -0.25) is 4.79 Å². The fraction of sp³-hybridized carbons (Fsp3) is 0.333. The summed E-state index contributed by atoms with van der Waals surface area (Å²) in [6.45, 7) is 3.07. The number of nitrogens with zero attached hydrogens (tertiary/aromatic N) is 1. The Balaban J connectivity index is 3.04. The number of Topliss-reactive ketones (excluding diaryl/α,β-unsaturated/α-hetero) is 1. The van der Waals surface area contributed by atoms with E-state index in [1.807, 2.05) is 0 Å². The van der Waals surface area contributed by atoms with E-state index in [-0.39, 0.29) is 5.78 Å². The zero-order valence-corrected chi connectivity index (χ0v) is 7.11. The van der Waals surface area contributed by atoms with Gasteiger partial charge in [0.1, 0.15) is 5.69 Å². The number of aromatic nitrogens is 1. The molecule has 12 heavy (non-hydrogen) atoms. The third-order valence-electron chi connectivity index (χ3n) is 1.56. The molecule has 0 aliphatic heterocycles. The number of hydrogen-bond acceptors (Lipinski definition) is 3. The van der Waals surface area contributed by atoms with E-state index in [0.717, 1.165) is 0 Å². The van der Waals surface area contributed by atoms with Gasteiger partial charge in [0, 0.05) is 6.92 Å². The largest absolute Gasteiger partial charge is 0.387 e. The molecule has 1 atom stereocenters. The molecule has 0 aliphatic rings. The molecule has 1 rings (SSSR count). The lowest BCUT2D eigenvalue weighted by Gasteiger charge is -2.03. The van der Waals surface area contributed by atoms with Crippen molar-refractivity contribution in [2.45, 2.75) is 20.0 Å². The minimum atomic E-state index is -0.621. The molecule has 1 unspecified atom stereocenters. The van der Waals surface area contributed by atoms with Gasteiger partial charge in [-0.15, -0.1) is 0 Å². The van der Waals surface area contributed by atoms with Gasteiger partial charge in [-0.05, 0) is 19.1 Å². The Morgan fingerprint density at radius 1 is 1.58 bits per heavy atom. The Labute approximate surface area is 71.1 Å². The molecule has 0 saturated carbocycles. The second-order valence-corrected chi connectivity index (χ2v) is 2.68. The van der Waals surface area contributed by atoms with Crippen molar-refractivity contribution < 1.29 is 9.90 Å². The summed E-state index contributed by atoms with van der Waals surface area (Å²) in [6.07, 6.45) is -0.621.